The molecule has 0 bridgehead atoms. The normalized spacial score (nSPS) is 12.0. The van der Waals surface area contributed by atoms with Crippen molar-refractivity contribution in [3.63, 3.8) is 0 Å². The van der Waals surface area contributed by atoms with Gasteiger partial charge in [-0.05, 0) is 24.7 Å². The Morgan fingerprint density at radius 1 is 1.19 bits per heavy atom. The molecule has 0 aromatic carbocycles. The monoisotopic (exact) mass is 224 g/mol. The van der Waals surface area contributed by atoms with Crippen molar-refractivity contribution >= 4 is 5.91 Å². The van der Waals surface area contributed by atoms with Gasteiger partial charge < -0.3 is 5.32 Å². The largest absolute Gasteiger partial charge is 0.354 e. The lowest BCUT2D eigenvalue weighted by Crippen LogP contribution is -2.43. The summed E-state index contributed by atoms with van der Waals surface area (Å²) in [5.41, 5.74) is -0.748. The average Bonchev–Trinajstić information content (AvgIpc) is 2.29. The molecule has 0 saturated carbocycles. The van der Waals surface area contributed by atoms with Crippen LogP contribution in [0.5, 0.6) is 0 Å². The van der Waals surface area contributed by atoms with Crippen LogP contribution in [0.2, 0.25) is 0 Å². The maximum Gasteiger partial charge on any atom is 0.240 e. The fourth-order valence-electron chi connectivity index (χ4n) is 1.39. The van der Waals surface area contributed by atoms with Gasteiger partial charge in [0.2, 0.25) is 5.91 Å². The number of carbonyl (C=O) groups is 1. The minimum Gasteiger partial charge on any atom is -0.354 e. The first-order chi connectivity index (χ1) is 7.37. The lowest BCUT2D eigenvalue weighted by atomic mass is 9.82. The van der Waals surface area contributed by atoms with Gasteiger partial charge in [-0.15, -0.1) is 0 Å². The maximum absolute atomic E-state index is 12.0. The Hall–Kier alpha value is -1.04. The number of carbonyl (C=O) groups excluding carboxylic acids is 1. The van der Waals surface area contributed by atoms with E-state index >= 15 is 0 Å². The summed E-state index contributed by atoms with van der Waals surface area (Å²) < 4.78 is 0. The Balaban J connectivity index is 4.52. The molecule has 0 aliphatic heterocycles. The highest BCUT2D eigenvalue weighted by molar-refractivity contribution is 5.85. The molecular formula is C13H24N2O. The number of hydrogen-bond donors (Lipinski definition) is 1. The molecule has 0 spiro atoms. The second-order valence-corrected chi connectivity index (χ2v) is 5.10. The van der Waals surface area contributed by atoms with Crippen molar-refractivity contribution in [1.29, 1.82) is 5.26 Å². The number of nitrogens with one attached hydrogen (secondary N) is 1. The highest BCUT2D eigenvalue weighted by Gasteiger charge is 2.35. The summed E-state index contributed by atoms with van der Waals surface area (Å²) in [7, 11) is 0. The first-order valence-electron chi connectivity index (χ1n) is 6.07. The smallest absolute Gasteiger partial charge is 0.240 e. The van der Waals surface area contributed by atoms with E-state index in [1.54, 1.807) is 0 Å². The van der Waals surface area contributed by atoms with Crippen molar-refractivity contribution in [2.24, 2.45) is 10.8 Å². The summed E-state index contributed by atoms with van der Waals surface area (Å²) in [4.78, 5) is 12.0. The van der Waals surface area contributed by atoms with Gasteiger partial charge in [0.15, 0.2) is 0 Å². The van der Waals surface area contributed by atoms with Crippen LogP contribution < -0.4 is 5.32 Å². The van der Waals surface area contributed by atoms with Gasteiger partial charge in [-0.3, -0.25) is 4.79 Å². The Kier molecular flexibility index (Phi) is 5.50. The van der Waals surface area contributed by atoms with Crippen molar-refractivity contribution in [2.75, 3.05) is 6.54 Å². The molecule has 92 valence electrons. The third-order valence-corrected chi connectivity index (χ3v) is 3.54. The van der Waals surface area contributed by atoms with Crippen LogP contribution in [0.3, 0.4) is 0 Å². The van der Waals surface area contributed by atoms with Crippen molar-refractivity contribution in [1.82, 2.24) is 5.32 Å². The molecule has 1 N–H and O–H groups in total. The number of amides is 1. The summed E-state index contributed by atoms with van der Waals surface area (Å²) in [6, 6.07) is 2.16. The van der Waals surface area contributed by atoms with E-state index in [4.69, 9.17) is 5.26 Å². The van der Waals surface area contributed by atoms with Gasteiger partial charge in [0.1, 0.15) is 5.41 Å². The van der Waals surface area contributed by atoms with Crippen LogP contribution in [0, 0.1) is 22.2 Å². The standard InChI is InChI=1S/C13H24N2O/c1-6-12(4,5)10-15-11(16)13(7-2,8-3)9-14/h6-8,10H2,1-5H3,(H,15,16). The molecule has 0 saturated heterocycles. The van der Waals surface area contributed by atoms with E-state index in [2.05, 4.69) is 32.2 Å². The van der Waals surface area contributed by atoms with Crippen LogP contribution >= 0.6 is 0 Å². The minimum absolute atomic E-state index is 0.0956. The molecule has 0 rings (SSSR count). The van der Waals surface area contributed by atoms with E-state index in [-0.39, 0.29) is 11.3 Å². The van der Waals surface area contributed by atoms with Gasteiger partial charge in [0.05, 0.1) is 6.07 Å². The molecule has 0 atom stereocenters. The number of nitriles is 1. The molecule has 3 nitrogen and oxygen atoms in total. The lowest BCUT2D eigenvalue weighted by molar-refractivity contribution is -0.129. The van der Waals surface area contributed by atoms with Gasteiger partial charge in [-0.25, -0.2) is 0 Å². The van der Waals surface area contributed by atoms with Crippen LogP contribution in [0.4, 0.5) is 0 Å². The maximum atomic E-state index is 12.0. The zero-order valence-corrected chi connectivity index (χ0v) is 11.2. The Labute approximate surface area is 99.2 Å². The summed E-state index contributed by atoms with van der Waals surface area (Å²) in [6.45, 7) is 10.7. The predicted octanol–water partition coefficient (Wildman–Crippen LogP) is 2.87. The topological polar surface area (TPSA) is 52.9 Å². The van der Waals surface area contributed by atoms with E-state index < -0.39 is 5.41 Å². The van der Waals surface area contributed by atoms with Crippen molar-refractivity contribution < 1.29 is 4.79 Å². The lowest BCUT2D eigenvalue weighted by Gasteiger charge is -2.27. The third kappa shape index (κ3) is 3.52. The quantitative estimate of drug-likeness (QED) is 0.754. The molecule has 0 radical (unpaired) electrons. The van der Waals surface area contributed by atoms with Crippen molar-refractivity contribution in [3.8, 4) is 6.07 Å². The molecule has 16 heavy (non-hydrogen) atoms. The van der Waals surface area contributed by atoms with Crippen molar-refractivity contribution in [2.45, 2.75) is 53.9 Å². The SMILES string of the molecule is CCC(C)(C)CNC(=O)C(C#N)(CC)CC. The molecule has 0 heterocycles. The summed E-state index contributed by atoms with van der Waals surface area (Å²) in [6.07, 6.45) is 2.14. The molecule has 1 amide bonds. The second kappa shape index (κ2) is 5.89. The molecule has 0 fully saturated rings. The summed E-state index contributed by atoms with van der Waals surface area (Å²) >= 11 is 0. The van der Waals surface area contributed by atoms with Gasteiger partial charge in [-0.1, -0.05) is 34.6 Å². The van der Waals surface area contributed by atoms with E-state index in [1.807, 2.05) is 13.8 Å². The number of nitrogens with zero attached hydrogens (tertiary/aromatic N) is 1. The van der Waals surface area contributed by atoms with Crippen LogP contribution in [0.1, 0.15) is 53.9 Å². The second-order valence-electron chi connectivity index (χ2n) is 5.10. The number of hydrogen-bond acceptors (Lipinski definition) is 2. The molecule has 0 aromatic rings. The van der Waals surface area contributed by atoms with E-state index in [0.29, 0.717) is 19.4 Å². The van der Waals surface area contributed by atoms with E-state index in [0.717, 1.165) is 6.42 Å². The molecule has 3 heteroatoms. The predicted molar refractivity (Wildman–Crippen MR) is 65.7 cm³/mol. The molecular weight excluding hydrogens is 200 g/mol. The first kappa shape index (κ1) is 15.0. The van der Waals surface area contributed by atoms with Crippen molar-refractivity contribution in [3.05, 3.63) is 0 Å². The summed E-state index contributed by atoms with van der Waals surface area (Å²) in [5, 5.41) is 12.0. The van der Waals surface area contributed by atoms with Gasteiger partial charge in [0.25, 0.3) is 0 Å². The highest BCUT2D eigenvalue weighted by atomic mass is 16.2. The fourth-order valence-corrected chi connectivity index (χ4v) is 1.39. The van der Waals surface area contributed by atoms with E-state index in [9.17, 15) is 4.79 Å². The van der Waals surface area contributed by atoms with Gasteiger partial charge >= 0.3 is 0 Å². The van der Waals surface area contributed by atoms with Crippen LogP contribution in [0.15, 0.2) is 0 Å². The Morgan fingerprint density at radius 3 is 2.00 bits per heavy atom. The summed E-state index contributed by atoms with van der Waals surface area (Å²) in [5.74, 6) is -0.124. The van der Waals surface area contributed by atoms with E-state index in [1.165, 1.54) is 0 Å². The van der Waals surface area contributed by atoms with Gasteiger partial charge in [0, 0.05) is 6.54 Å². The molecule has 0 unspecified atom stereocenters. The Morgan fingerprint density at radius 2 is 1.69 bits per heavy atom. The zero-order chi connectivity index (χ0) is 12.8. The fraction of sp³-hybridized carbons (Fsp3) is 0.846. The molecule has 0 aliphatic rings. The molecule has 0 aromatic heterocycles. The van der Waals surface area contributed by atoms with Crippen LogP contribution in [-0.2, 0) is 4.79 Å². The highest BCUT2D eigenvalue weighted by Crippen LogP contribution is 2.26. The first-order valence-corrected chi connectivity index (χ1v) is 6.07. The van der Waals surface area contributed by atoms with Crippen LogP contribution in [-0.4, -0.2) is 12.5 Å². The average molecular weight is 224 g/mol. The third-order valence-electron chi connectivity index (χ3n) is 3.54. The zero-order valence-electron chi connectivity index (χ0n) is 11.2. The minimum atomic E-state index is -0.843. The Bertz CT molecular complexity index is 272. The van der Waals surface area contributed by atoms with Crippen LogP contribution in [0.25, 0.3) is 0 Å². The molecule has 0 aliphatic carbocycles. The van der Waals surface area contributed by atoms with Gasteiger partial charge in [-0.2, -0.15) is 5.26 Å². The number of rotatable bonds is 6.